The quantitative estimate of drug-likeness (QED) is 0.556. The minimum absolute atomic E-state index is 0.845. The maximum absolute atomic E-state index is 5.24. The van der Waals surface area contributed by atoms with E-state index in [1.165, 1.54) is 0 Å². The first-order valence-electron chi connectivity index (χ1n) is 3.98. The van der Waals surface area contributed by atoms with Crippen LogP contribution in [-0.2, 0) is 4.74 Å². The number of nitrogens with zero attached hydrogens (tertiary/aromatic N) is 2. The summed E-state index contributed by atoms with van der Waals surface area (Å²) in [5.41, 5.74) is 3.15. The van der Waals surface area contributed by atoms with Gasteiger partial charge in [-0.05, 0) is 6.08 Å². The molecule has 2 aliphatic heterocycles. The van der Waals surface area contributed by atoms with Crippen molar-refractivity contribution in [3.05, 3.63) is 12.3 Å². The average molecular weight is 155 g/mol. The lowest BCUT2D eigenvalue weighted by Gasteiger charge is -2.34. The van der Waals surface area contributed by atoms with Gasteiger partial charge >= 0.3 is 0 Å². The van der Waals surface area contributed by atoms with Crippen molar-refractivity contribution in [2.24, 2.45) is 0 Å². The fourth-order valence-electron chi connectivity index (χ4n) is 1.34. The second-order valence-electron chi connectivity index (χ2n) is 2.68. The molecule has 2 rings (SSSR count). The smallest absolute Gasteiger partial charge is 0.0608 e. The summed E-state index contributed by atoms with van der Waals surface area (Å²) in [5.74, 6) is 0. The summed E-state index contributed by atoms with van der Waals surface area (Å²) in [4.78, 5) is 0. The molecule has 62 valence electrons. The molecule has 0 bridgehead atoms. The maximum Gasteiger partial charge on any atom is 0.0608 e. The highest BCUT2D eigenvalue weighted by Gasteiger charge is 2.17. The van der Waals surface area contributed by atoms with Gasteiger partial charge in [-0.2, -0.15) is 5.12 Å². The molecule has 0 atom stereocenters. The first-order chi connectivity index (χ1) is 5.47. The van der Waals surface area contributed by atoms with Gasteiger partial charge in [-0.3, -0.25) is 0 Å². The van der Waals surface area contributed by atoms with Crippen LogP contribution in [0.25, 0.3) is 0 Å². The standard InChI is InChI=1S/C7H13N3O/c1-2-8-10(3-1)9-4-6-11-7-5-9/h1-2,8H,3-7H2. The van der Waals surface area contributed by atoms with Crippen LogP contribution in [0.15, 0.2) is 12.3 Å². The molecule has 0 saturated carbocycles. The lowest BCUT2D eigenvalue weighted by Crippen LogP contribution is -2.51. The highest BCUT2D eigenvalue weighted by molar-refractivity contribution is 4.87. The van der Waals surface area contributed by atoms with E-state index in [1.54, 1.807) is 0 Å². The van der Waals surface area contributed by atoms with Crippen molar-refractivity contribution in [2.45, 2.75) is 0 Å². The summed E-state index contributed by atoms with van der Waals surface area (Å²) in [7, 11) is 0. The Labute approximate surface area is 66.4 Å². The van der Waals surface area contributed by atoms with Gasteiger partial charge in [0.15, 0.2) is 0 Å². The fraction of sp³-hybridized carbons (Fsp3) is 0.714. The van der Waals surface area contributed by atoms with E-state index in [9.17, 15) is 0 Å². The van der Waals surface area contributed by atoms with E-state index in [-0.39, 0.29) is 0 Å². The predicted molar refractivity (Wildman–Crippen MR) is 41.4 cm³/mol. The van der Waals surface area contributed by atoms with E-state index < -0.39 is 0 Å². The number of morpholine rings is 1. The first-order valence-corrected chi connectivity index (χ1v) is 3.98. The third-order valence-corrected chi connectivity index (χ3v) is 1.95. The fourth-order valence-corrected chi connectivity index (χ4v) is 1.34. The van der Waals surface area contributed by atoms with Crippen molar-refractivity contribution < 1.29 is 4.74 Å². The SMILES string of the molecule is C1=CNN(N2CCOCC2)C1. The minimum atomic E-state index is 0.845. The highest BCUT2D eigenvalue weighted by atomic mass is 16.5. The Balaban J connectivity index is 1.83. The van der Waals surface area contributed by atoms with Crippen LogP contribution in [0.4, 0.5) is 0 Å². The van der Waals surface area contributed by atoms with Gasteiger partial charge in [-0.1, -0.05) is 0 Å². The van der Waals surface area contributed by atoms with E-state index in [2.05, 4.69) is 21.6 Å². The van der Waals surface area contributed by atoms with Gasteiger partial charge < -0.3 is 10.2 Å². The van der Waals surface area contributed by atoms with Gasteiger partial charge in [0, 0.05) is 19.3 Å². The van der Waals surface area contributed by atoms with Crippen LogP contribution in [0.2, 0.25) is 0 Å². The lowest BCUT2D eigenvalue weighted by molar-refractivity contribution is -0.0991. The predicted octanol–water partition coefficient (Wildman–Crippen LogP) is -0.433. The van der Waals surface area contributed by atoms with Crippen LogP contribution in [0.1, 0.15) is 0 Å². The zero-order valence-corrected chi connectivity index (χ0v) is 6.49. The molecular formula is C7H13N3O. The van der Waals surface area contributed by atoms with Gasteiger partial charge in [-0.15, -0.1) is 0 Å². The number of nitrogens with one attached hydrogen (secondary N) is 1. The Morgan fingerprint density at radius 1 is 1.27 bits per heavy atom. The number of rotatable bonds is 1. The van der Waals surface area contributed by atoms with Crippen molar-refractivity contribution in [1.29, 1.82) is 0 Å². The third kappa shape index (κ3) is 1.53. The molecule has 1 N–H and O–H groups in total. The van der Waals surface area contributed by atoms with Crippen molar-refractivity contribution >= 4 is 0 Å². The second-order valence-corrected chi connectivity index (χ2v) is 2.68. The first kappa shape index (κ1) is 7.09. The van der Waals surface area contributed by atoms with Gasteiger partial charge in [0.1, 0.15) is 0 Å². The molecular weight excluding hydrogens is 142 g/mol. The lowest BCUT2D eigenvalue weighted by atomic mass is 10.5. The second kappa shape index (κ2) is 3.21. The van der Waals surface area contributed by atoms with E-state index in [0.717, 1.165) is 32.8 Å². The number of ether oxygens (including phenoxy) is 1. The summed E-state index contributed by atoms with van der Waals surface area (Å²) < 4.78 is 5.24. The highest BCUT2D eigenvalue weighted by Crippen LogP contribution is 2.02. The molecule has 0 amide bonds. The van der Waals surface area contributed by atoms with Crippen LogP contribution in [0, 0.1) is 0 Å². The van der Waals surface area contributed by atoms with Crippen molar-refractivity contribution in [1.82, 2.24) is 15.6 Å². The van der Waals surface area contributed by atoms with Crippen molar-refractivity contribution in [3.8, 4) is 0 Å². The van der Waals surface area contributed by atoms with Crippen LogP contribution in [0.5, 0.6) is 0 Å². The van der Waals surface area contributed by atoms with Gasteiger partial charge in [0.25, 0.3) is 0 Å². The summed E-state index contributed by atoms with van der Waals surface area (Å²) in [6.45, 7) is 4.65. The molecule has 1 saturated heterocycles. The number of hydrazine groups is 2. The molecule has 0 unspecified atom stereocenters. The topological polar surface area (TPSA) is 27.7 Å². The Hall–Kier alpha value is -0.580. The summed E-state index contributed by atoms with van der Waals surface area (Å²) >= 11 is 0. The summed E-state index contributed by atoms with van der Waals surface area (Å²) in [6.07, 6.45) is 4.07. The summed E-state index contributed by atoms with van der Waals surface area (Å²) in [5, 5.41) is 4.38. The Morgan fingerprint density at radius 3 is 2.73 bits per heavy atom. The molecule has 4 nitrogen and oxygen atoms in total. The van der Waals surface area contributed by atoms with Crippen LogP contribution < -0.4 is 5.43 Å². The zero-order chi connectivity index (χ0) is 7.52. The molecule has 4 heteroatoms. The molecule has 2 aliphatic rings. The Morgan fingerprint density at radius 2 is 2.09 bits per heavy atom. The molecule has 0 radical (unpaired) electrons. The number of hydrogen-bond donors (Lipinski definition) is 1. The number of hydrogen-bond acceptors (Lipinski definition) is 4. The molecule has 0 aromatic rings. The monoisotopic (exact) mass is 155 g/mol. The van der Waals surface area contributed by atoms with E-state index in [1.807, 2.05) is 6.20 Å². The van der Waals surface area contributed by atoms with Gasteiger partial charge in [-0.25, -0.2) is 5.01 Å². The van der Waals surface area contributed by atoms with Crippen LogP contribution in [-0.4, -0.2) is 43.0 Å². The van der Waals surface area contributed by atoms with Gasteiger partial charge in [0.2, 0.25) is 0 Å². The van der Waals surface area contributed by atoms with Crippen molar-refractivity contribution in [2.75, 3.05) is 32.8 Å². The normalized spacial score (nSPS) is 27.3. The molecule has 0 aromatic carbocycles. The molecule has 1 fully saturated rings. The maximum atomic E-state index is 5.24. The van der Waals surface area contributed by atoms with Crippen LogP contribution >= 0.6 is 0 Å². The zero-order valence-electron chi connectivity index (χ0n) is 6.49. The Bertz CT molecular complexity index is 146. The average Bonchev–Trinajstić information content (AvgIpc) is 2.58. The van der Waals surface area contributed by atoms with Crippen molar-refractivity contribution in [3.63, 3.8) is 0 Å². The Kier molecular flexibility index (Phi) is 2.07. The van der Waals surface area contributed by atoms with E-state index in [0.29, 0.717) is 0 Å². The molecule has 0 spiro atoms. The van der Waals surface area contributed by atoms with E-state index in [4.69, 9.17) is 4.74 Å². The molecule has 0 aromatic heterocycles. The third-order valence-electron chi connectivity index (χ3n) is 1.95. The minimum Gasteiger partial charge on any atom is -0.379 e. The largest absolute Gasteiger partial charge is 0.379 e. The van der Waals surface area contributed by atoms with Gasteiger partial charge in [0.05, 0.1) is 19.8 Å². The molecule has 2 heterocycles. The van der Waals surface area contributed by atoms with E-state index >= 15 is 0 Å². The summed E-state index contributed by atoms with van der Waals surface area (Å²) in [6, 6.07) is 0. The molecule has 0 aliphatic carbocycles. The van der Waals surface area contributed by atoms with Crippen LogP contribution in [0.3, 0.4) is 0 Å². The molecule has 11 heavy (non-hydrogen) atoms.